The van der Waals surface area contributed by atoms with Gasteiger partial charge in [-0.1, -0.05) is 19.1 Å². The highest BCUT2D eigenvalue weighted by Crippen LogP contribution is 2.33. The predicted molar refractivity (Wildman–Crippen MR) is 70.6 cm³/mol. The van der Waals surface area contributed by atoms with Gasteiger partial charge in [0.2, 0.25) is 0 Å². The molecule has 16 heavy (non-hydrogen) atoms. The van der Waals surface area contributed by atoms with Crippen molar-refractivity contribution in [3.8, 4) is 5.75 Å². The van der Waals surface area contributed by atoms with E-state index in [1.807, 2.05) is 6.07 Å². The molecule has 2 nitrogen and oxygen atoms in total. The average molecular weight is 235 g/mol. The Hall–Kier alpha value is -1.06. The zero-order chi connectivity index (χ0) is 11.4. The molecule has 1 aromatic heterocycles. The quantitative estimate of drug-likeness (QED) is 0.804. The fourth-order valence-corrected chi connectivity index (χ4v) is 2.94. The lowest BCUT2D eigenvalue weighted by Crippen LogP contribution is -2.15. The maximum atomic E-state index is 5.36. The monoisotopic (exact) mass is 235 g/mol. The molecule has 0 aliphatic carbocycles. The average Bonchev–Trinajstić information content (AvgIpc) is 2.73. The summed E-state index contributed by atoms with van der Waals surface area (Å²) in [5.74, 6) is 0.984. The summed E-state index contributed by atoms with van der Waals surface area (Å²) in [6, 6.07) is 6.26. The summed E-state index contributed by atoms with van der Waals surface area (Å²) >= 11 is 1.77. The van der Waals surface area contributed by atoms with Crippen molar-refractivity contribution in [1.29, 1.82) is 0 Å². The van der Waals surface area contributed by atoms with E-state index in [4.69, 9.17) is 4.74 Å². The van der Waals surface area contributed by atoms with Crippen LogP contribution in [-0.2, 0) is 6.42 Å². The van der Waals surface area contributed by atoms with E-state index >= 15 is 0 Å². The SMILES string of the molecule is CCNCCc1csc2c(OC)cccc12. The molecule has 2 aromatic rings. The van der Waals surface area contributed by atoms with Crippen molar-refractivity contribution in [2.75, 3.05) is 20.2 Å². The number of likely N-dealkylation sites (N-methyl/N-ethyl adjacent to an activating group) is 1. The molecular weight excluding hydrogens is 218 g/mol. The molecule has 1 aromatic carbocycles. The van der Waals surface area contributed by atoms with Crippen molar-refractivity contribution in [3.05, 3.63) is 29.1 Å². The second-order valence-corrected chi connectivity index (χ2v) is 4.58. The van der Waals surface area contributed by atoms with Crippen LogP contribution in [0.15, 0.2) is 23.6 Å². The van der Waals surface area contributed by atoms with E-state index < -0.39 is 0 Å². The number of methoxy groups -OCH3 is 1. The first-order valence-electron chi connectivity index (χ1n) is 5.60. The number of nitrogens with one attached hydrogen (secondary N) is 1. The molecule has 1 heterocycles. The Morgan fingerprint density at radius 2 is 2.25 bits per heavy atom. The van der Waals surface area contributed by atoms with Crippen LogP contribution in [0.5, 0.6) is 5.75 Å². The van der Waals surface area contributed by atoms with Gasteiger partial charge in [0, 0.05) is 0 Å². The Morgan fingerprint density at radius 3 is 3.00 bits per heavy atom. The number of hydrogen-bond donors (Lipinski definition) is 1. The van der Waals surface area contributed by atoms with Crippen LogP contribution in [0, 0.1) is 0 Å². The fourth-order valence-electron chi connectivity index (χ4n) is 1.84. The number of hydrogen-bond acceptors (Lipinski definition) is 3. The Bertz CT molecular complexity index is 464. The molecule has 0 spiro atoms. The molecule has 0 aliphatic rings. The second kappa shape index (κ2) is 5.32. The van der Waals surface area contributed by atoms with Crippen LogP contribution in [0.4, 0.5) is 0 Å². The van der Waals surface area contributed by atoms with Crippen LogP contribution in [-0.4, -0.2) is 20.2 Å². The lowest BCUT2D eigenvalue weighted by Gasteiger charge is -2.03. The van der Waals surface area contributed by atoms with E-state index in [-0.39, 0.29) is 0 Å². The molecule has 1 N–H and O–H groups in total. The molecule has 2 rings (SSSR count). The van der Waals surface area contributed by atoms with E-state index in [1.165, 1.54) is 15.6 Å². The highest BCUT2D eigenvalue weighted by Gasteiger charge is 2.07. The molecule has 3 heteroatoms. The van der Waals surface area contributed by atoms with Gasteiger partial charge in [-0.25, -0.2) is 0 Å². The molecule has 0 radical (unpaired) electrons. The maximum absolute atomic E-state index is 5.36. The Kier molecular flexibility index (Phi) is 3.80. The largest absolute Gasteiger partial charge is 0.495 e. The van der Waals surface area contributed by atoms with E-state index in [0.29, 0.717) is 0 Å². The van der Waals surface area contributed by atoms with Gasteiger partial charge in [0.05, 0.1) is 11.8 Å². The third-order valence-corrected chi connectivity index (χ3v) is 3.74. The second-order valence-electron chi connectivity index (χ2n) is 3.70. The number of fused-ring (bicyclic) bond motifs is 1. The standard InChI is InChI=1S/C13H17NOS/c1-3-14-8-7-10-9-16-13-11(10)5-4-6-12(13)15-2/h4-6,9,14H,3,7-8H2,1-2H3. The highest BCUT2D eigenvalue weighted by atomic mass is 32.1. The zero-order valence-corrected chi connectivity index (χ0v) is 10.6. The van der Waals surface area contributed by atoms with Crippen molar-refractivity contribution in [2.45, 2.75) is 13.3 Å². The minimum Gasteiger partial charge on any atom is -0.495 e. The molecule has 0 atom stereocenters. The fraction of sp³-hybridized carbons (Fsp3) is 0.385. The first-order chi connectivity index (χ1) is 7.86. The molecule has 0 saturated heterocycles. The van der Waals surface area contributed by atoms with Gasteiger partial charge in [0.15, 0.2) is 0 Å². The summed E-state index contributed by atoms with van der Waals surface area (Å²) < 4.78 is 6.62. The molecule has 0 saturated carbocycles. The lowest BCUT2D eigenvalue weighted by atomic mass is 10.1. The van der Waals surface area contributed by atoms with E-state index in [0.717, 1.165) is 25.3 Å². The summed E-state index contributed by atoms with van der Waals surface area (Å²) in [6.45, 7) is 4.21. The Morgan fingerprint density at radius 1 is 1.38 bits per heavy atom. The molecule has 0 fully saturated rings. The van der Waals surface area contributed by atoms with Crippen molar-refractivity contribution in [3.63, 3.8) is 0 Å². The van der Waals surface area contributed by atoms with Crippen LogP contribution < -0.4 is 10.1 Å². The zero-order valence-electron chi connectivity index (χ0n) is 9.75. The van der Waals surface area contributed by atoms with Crippen LogP contribution in [0.2, 0.25) is 0 Å². The van der Waals surface area contributed by atoms with Crippen molar-refractivity contribution in [2.24, 2.45) is 0 Å². The third kappa shape index (κ3) is 2.20. The van der Waals surface area contributed by atoms with Crippen molar-refractivity contribution in [1.82, 2.24) is 5.32 Å². The van der Waals surface area contributed by atoms with Gasteiger partial charge in [-0.15, -0.1) is 11.3 Å². The van der Waals surface area contributed by atoms with E-state index in [9.17, 15) is 0 Å². The first kappa shape index (κ1) is 11.4. The normalized spacial score (nSPS) is 10.9. The Labute approximate surface area is 100 Å². The van der Waals surface area contributed by atoms with Crippen molar-refractivity contribution >= 4 is 21.4 Å². The minimum atomic E-state index is 0.984. The topological polar surface area (TPSA) is 21.3 Å². The maximum Gasteiger partial charge on any atom is 0.136 e. The van der Waals surface area contributed by atoms with Gasteiger partial charge in [0.25, 0.3) is 0 Å². The Balaban J connectivity index is 2.27. The smallest absolute Gasteiger partial charge is 0.136 e. The predicted octanol–water partition coefficient (Wildman–Crippen LogP) is 3.06. The molecule has 0 amide bonds. The van der Waals surface area contributed by atoms with Gasteiger partial charge in [-0.3, -0.25) is 0 Å². The summed E-state index contributed by atoms with van der Waals surface area (Å²) in [7, 11) is 1.73. The number of rotatable bonds is 5. The molecule has 86 valence electrons. The van der Waals surface area contributed by atoms with Gasteiger partial charge < -0.3 is 10.1 Å². The van der Waals surface area contributed by atoms with Crippen molar-refractivity contribution < 1.29 is 4.74 Å². The minimum absolute atomic E-state index is 0.984. The summed E-state index contributed by atoms with van der Waals surface area (Å²) in [4.78, 5) is 0. The number of benzene rings is 1. The summed E-state index contributed by atoms with van der Waals surface area (Å²) in [5.41, 5.74) is 1.42. The van der Waals surface area contributed by atoms with Gasteiger partial charge in [-0.05, 0) is 41.9 Å². The summed E-state index contributed by atoms with van der Waals surface area (Å²) in [5, 5.41) is 6.93. The van der Waals surface area contributed by atoms with Crippen LogP contribution >= 0.6 is 11.3 Å². The number of thiophene rings is 1. The van der Waals surface area contributed by atoms with Gasteiger partial charge in [0.1, 0.15) is 5.75 Å². The molecule has 0 bridgehead atoms. The van der Waals surface area contributed by atoms with Crippen LogP contribution in [0.3, 0.4) is 0 Å². The summed E-state index contributed by atoms with van der Waals surface area (Å²) in [6.07, 6.45) is 1.08. The van der Waals surface area contributed by atoms with E-state index in [1.54, 1.807) is 18.4 Å². The number of ether oxygens (including phenoxy) is 1. The van der Waals surface area contributed by atoms with Gasteiger partial charge in [-0.2, -0.15) is 0 Å². The van der Waals surface area contributed by atoms with E-state index in [2.05, 4.69) is 29.8 Å². The van der Waals surface area contributed by atoms with Gasteiger partial charge >= 0.3 is 0 Å². The van der Waals surface area contributed by atoms with Crippen LogP contribution in [0.25, 0.3) is 10.1 Å². The van der Waals surface area contributed by atoms with Crippen LogP contribution in [0.1, 0.15) is 12.5 Å². The third-order valence-electron chi connectivity index (χ3n) is 2.68. The molecule has 0 unspecified atom stereocenters. The lowest BCUT2D eigenvalue weighted by molar-refractivity contribution is 0.420. The first-order valence-corrected chi connectivity index (χ1v) is 6.48. The molecular formula is C13H17NOS. The molecule has 0 aliphatic heterocycles. The highest BCUT2D eigenvalue weighted by molar-refractivity contribution is 7.17.